The number of benzene rings is 2. The Hall–Kier alpha value is -2.14. The molecule has 0 fully saturated rings. The minimum absolute atomic E-state index is 0.491. The Morgan fingerprint density at radius 1 is 0.864 bits per heavy atom. The number of hydrogen-bond donors (Lipinski definition) is 1. The summed E-state index contributed by atoms with van der Waals surface area (Å²) in [6.45, 7) is 1.21. The van der Waals surface area contributed by atoms with Crippen LogP contribution in [0, 0.1) is 11.6 Å². The SMILES string of the molecule is COc1ccc(CCNCc2ccc(F)c(F)c2)cc1OC. The highest BCUT2D eigenvalue weighted by atomic mass is 19.2. The molecule has 0 aliphatic rings. The predicted octanol–water partition coefficient (Wildman–Crippen LogP) is 3.31. The maximum absolute atomic E-state index is 13.1. The van der Waals surface area contributed by atoms with Crippen molar-refractivity contribution in [3.05, 3.63) is 59.2 Å². The van der Waals surface area contributed by atoms with E-state index in [0.29, 0.717) is 30.2 Å². The van der Waals surface area contributed by atoms with E-state index in [1.54, 1.807) is 20.3 Å². The van der Waals surface area contributed by atoms with Gasteiger partial charge in [0.15, 0.2) is 23.1 Å². The number of nitrogens with one attached hydrogen (secondary N) is 1. The van der Waals surface area contributed by atoms with Crippen molar-refractivity contribution in [3.63, 3.8) is 0 Å². The van der Waals surface area contributed by atoms with Crippen LogP contribution in [0.5, 0.6) is 11.5 Å². The predicted molar refractivity (Wildman–Crippen MR) is 81.3 cm³/mol. The summed E-state index contributed by atoms with van der Waals surface area (Å²) in [6.07, 6.45) is 0.796. The van der Waals surface area contributed by atoms with Gasteiger partial charge in [0.1, 0.15) is 0 Å². The molecule has 0 atom stereocenters. The summed E-state index contributed by atoms with van der Waals surface area (Å²) in [5.41, 5.74) is 1.82. The molecule has 0 unspecified atom stereocenters. The second kappa shape index (κ2) is 7.75. The Labute approximate surface area is 128 Å². The van der Waals surface area contributed by atoms with Crippen LogP contribution in [0.2, 0.25) is 0 Å². The van der Waals surface area contributed by atoms with E-state index in [-0.39, 0.29) is 0 Å². The van der Waals surface area contributed by atoms with Crippen LogP contribution in [-0.2, 0) is 13.0 Å². The average molecular weight is 307 g/mol. The Bertz CT molecular complexity index is 632. The molecule has 3 nitrogen and oxygen atoms in total. The number of halogens is 2. The lowest BCUT2D eigenvalue weighted by Crippen LogP contribution is -2.16. The molecule has 0 saturated carbocycles. The highest BCUT2D eigenvalue weighted by Crippen LogP contribution is 2.27. The fraction of sp³-hybridized carbons (Fsp3) is 0.294. The molecule has 0 heterocycles. The van der Waals surface area contributed by atoms with E-state index in [1.807, 2.05) is 18.2 Å². The summed E-state index contributed by atoms with van der Waals surface area (Å²) in [5, 5.41) is 3.20. The van der Waals surface area contributed by atoms with Gasteiger partial charge in [0, 0.05) is 6.54 Å². The summed E-state index contributed by atoms with van der Waals surface area (Å²) in [4.78, 5) is 0. The van der Waals surface area contributed by atoms with Gasteiger partial charge in [0.05, 0.1) is 14.2 Å². The van der Waals surface area contributed by atoms with E-state index >= 15 is 0 Å². The fourth-order valence-electron chi connectivity index (χ4n) is 2.15. The van der Waals surface area contributed by atoms with E-state index < -0.39 is 11.6 Å². The first-order chi connectivity index (χ1) is 10.6. The number of ether oxygens (including phenoxy) is 2. The normalized spacial score (nSPS) is 10.5. The van der Waals surface area contributed by atoms with Gasteiger partial charge in [-0.3, -0.25) is 0 Å². The van der Waals surface area contributed by atoms with Gasteiger partial charge >= 0.3 is 0 Å². The van der Waals surface area contributed by atoms with Crippen molar-refractivity contribution >= 4 is 0 Å². The van der Waals surface area contributed by atoms with Gasteiger partial charge in [0.2, 0.25) is 0 Å². The highest BCUT2D eigenvalue weighted by Gasteiger charge is 2.05. The van der Waals surface area contributed by atoms with Crippen LogP contribution in [-0.4, -0.2) is 20.8 Å². The molecular formula is C17H19F2NO2. The van der Waals surface area contributed by atoms with Crippen molar-refractivity contribution in [2.75, 3.05) is 20.8 Å². The summed E-state index contributed by atoms with van der Waals surface area (Å²) < 4.78 is 36.3. The quantitative estimate of drug-likeness (QED) is 0.796. The third kappa shape index (κ3) is 4.18. The fourth-order valence-corrected chi connectivity index (χ4v) is 2.15. The largest absolute Gasteiger partial charge is 0.493 e. The standard InChI is InChI=1S/C17H19F2NO2/c1-21-16-6-4-12(10-17(16)22-2)7-8-20-11-13-3-5-14(18)15(19)9-13/h3-6,9-10,20H,7-8,11H2,1-2H3. The Morgan fingerprint density at radius 3 is 2.27 bits per heavy atom. The number of rotatable bonds is 7. The molecule has 2 rings (SSSR count). The molecular weight excluding hydrogens is 288 g/mol. The van der Waals surface area contributed by atoms with Crippen molar-refractivity contribution in [2.45, 2.75) is 13.0 Å². The third-order valence-electron chi connectivity index (χ3n) is 3.35. The van der Waals surface area contributed by atoms with Crippen molar-refractivity contribution < 1.29 is 18.3 Å². The third-order valence-corrected chi connectivity index (χ3v) is 3.35. The zero-order chi connectivity index (χ0) is 15.9. The minimum Gasteiger partial charge on any atom is -0.493 e. The van der Waals surface area contributed by atoms with Crippen LogP contribution < -0.4 is 14.8 Å². The van der Waals surface area contributed by atoms with E-state index in [9.17, 15) is 8.78 Å². The minimum atomic E-state index is -0.825. The second-order valence-corrected chi connectivity index (χ2v) is 4.86. The molecule has 2 aromatic rings. The summed E-state index contributed by atoms with van der Waals surface area (Å²) in [7, 11) is 3.20. The van der Waals surface area contributed by atoms with Gasteiger partial charge in [-0.1, -0.05) is 12.1 Å². The first-order valence-corrected chi connectivity index (χ1v) is 6.99. The van der Waals surface area contributed by atoms with Gasteiger partial charge in [0.25, 0.3) is 0 Å². The monoisotopic (exact) mass is 307 g/mol. The first kappa shape index (κ1) is 16.2. The molecule has 2 aromatic carbocycles. The maximum Gasteiger partial charge on any atom is 0.160 e. The summed E-state index contributed by atoms with van der Waals surface area (Å²) in [5.74, 6) is -0.255. The van der Waals surface area contributed by atoms with Gasteiger partial charge in [-0.15, -0.1) is 0 Å². The lowest BCUT2D eigenvalue weighted by atomic mass is 10.1. The molecule has 0 aromatic heterocycles. The first-order valence-electron chi connectivity index (χ1n) is 6.99. The highest BCUT2D eigenvalue weighted by molar-refractivity contribution is 5.42. The molecule has 0 radical (unpaired) electrons. The van der Waals surface area contributed by atoms with Crippen molar-refractivity contribution in [3.8, 4) is 11.5 Å². The molecule has 0 saturated heterocycles. The van der Waals surface area contributed by atoms with Gasteiger partial charge in [-0.2, -0.15) is 0 Å². The summed E-state index contributed by atoms with van der Waals surface area (Å²) in [6, 6.07) is 9.68. The topological polar surface area (TPSA) is 30.5 Å². The van der Waals surface area contributed by atoms with Gasteiger partial charge < -0.3 is 14.8 Å². The van der Waals surface area contributed by atoms with E-state index in [2.05, 4.69) is 5.32 Å². The van der Waals surface area contributed by atoms with Crippen molar-refractivity contribution in [1.29, 1.82) is 0 Å². The number of methoxy groups -OCH3 is 2. The molecule has 0 aliphatic carbocycles. The van der Waals surface area contributed by atoms with Crippen LogP contribution >= 0.6 is 0 Å². The molecule has 118 valence electrons. The van der Waals surface area contributed by atoms with Crippen LogP contribution in [0.15, 0.2) is 36.4 Å². The van der Waals surface area contributed by atoms with Gasteiger partial charge in [-0.25, -0.2) is 8.78 Å². The molecule has 0 bridgehead atoms. The van der Waals surface area contributed by atoms with Crippen LogP contribution in [0.4, 0.5) is 8.78 Å². The van der Waals surface area contributed by atoms with Crippen LogP contribution in [0.25, 0.3) is 0 Å². The Balaban J connectivity index is 1.84. The molecule has 22 heavy (non-hydrogen) atoms. The van der Waals surface area contributed by atoms with Crippen LogP contribution in [0.1, 0.15) is 11.1 Å². The second-order valence-electron chi connectivity index (χ2n) is 4.86. The van der Waals surface area contributed by atoms with Gasteiger partial charge in [-0.05, 0) is 48.4 Å². The zero-order valence-electron chi connectivity index (χ0n) is 12.7. The molecule has 1 N–H and O–H groups in total. The molecule has 5 heteroatoms. The lowest BCUT2D eigenvalue weighted by molar-refractivity contribution is 0.354. The summed E-state index contributed by atoms with van der Waals surface area (Å²) >= 11 is 0. The number of hydrogen-bond acceptors (Lipinski definition) is 3. The average Bonchev–Trinajstić information content (AvgIpc) is 2.54. The van der Waals surface area contributed by atoms with Crippen molar-refractivity contribution in [2.24, 2.45) is 0 Å². The Morgan fingerprint density at radius 2 is 1.59 bits per heavy atom. The van der Waals surface area contributed by atoms with E-state index in [1.165, 1.54) is 6.07 Å². The maximum atomic E-state index is 13.1. The molecule has 0 amide bonds. The molecule has 0 spiro atoms. The zero-order valence-corrected chi connectivity index (χ0v) is 12.7. The molecule has 0 aliphatic heterocycles. The van der Waals surface area contributed by atoms with E-state index in [0.717, 1.165) is 18.1 Å². The lowest BCUT2D eigenvalue weighted by Gasteiger charge is -2.10. The van der Waals surface area contributed by atoms with Crippen LogP contribution in [0.3, 0.4) is 0 Å². The Kier molecular flexibility index (Phi) is 5.72. The smallest absolute Gasteiger partial charge is 0.160 e. The van der Waals surface area contributed by atoms with E-state index in [4.69, 9.17) is 9.47 Å². The van der Waals surface area contributed by atoms with Crippen molar-refractivity contribution in [1.82, 2.24) is 5.32 Å².